The molecule has 0 saturated heterocycles. The number of halogens is 2. The molecule has 0 spiro atoms. The minimum absolute atomic E-state index is 0.0201. The van der Waals surface area contributed by atoms with E-state index in [2.05, 4.69) is 43.8 Å². The molecule has 0 aromatic carbocycles. The van der Waals surface area contributed by atoms with Gasteiger partial charge in [-0.2, -0.15) is 0 Å². The second-order valence-electron chi connectivity index (χ2n) is 2.40. The molecule has 0 bridgehead atoms. The van der Waals surface area contributed by atoms with Crippen LogP contribution >= 0.6 is 49.9 Å². The summed E-state index contributed by atoms with van der Waals surface area (Å²) in [4.78, 5) is 12.2. The first-order chi connectivity index (χ1) is 6.25. The van der Waals surface area contributed by atoms with Gasteiger partial charge < -0.3 is 5.32 Å². The van der Waals surface area contributed by atoms with Crippen LogP contribution in [0.1, 0.15) is 16.1 Å². The van der Waals surface area contributed by atoms with Crippen LogP contribution in [0.5, 0.6) is 0 Å². The Morgan fingerprint density at radius 1 is 1.69 bits per heavy atom. The van der Waals surface area contributed by atoms with Gasteiger partial charge in [-0.15, -0.1) is 11.3 Å². The summed E-state index contributed by atoms with van der Waals surface area (Å²) in [6, 6.07) is 1.89. The van der Waals surface area contributed by atoms with Crippen LogP contribution in [0.25, 0.3) is 0 Å². The molecule has 0 unspecified atom stereocenters. The Bertz CT molecular complexity index is 289. The average molecular weight is 374 g/mol. The molecule has 5 heteroatoms. The van der Waals surface area contributed by atoms with Crippen LogP contribution < -0.4 is 5.32 Å². The third-order valence-electron chi connectivity index (χ3n) is 1.42. The predicted molar refractivity (Wildman–Crippen MR) is 67.9 cm³/mol. The lowest BCUT2D eigenvalue weighted by Gasteiger charge is -2.01. The van der Waals surface area contributed by atoms with E-state index in [9.17, 15) is 4.79 Å². The summed E-state index contributed by atoms with van der Waals surface area (Å²) in [6.07, 6.45) is 1.02. The first-order valence-corrected chi connectivity index (χ1v) is 7.02. The monoisotopic (exact) mass is 373 g/mol. The molecule has 2 nitrogen and oxygen atoms in total. The zero-order chi connectivity index (χ0) is 9.68. The second kappa shape index (κ2) is 5.98. The molecule has 72 valence electrons. The van der Waals surface area contributed by atoms with E-state index in [0.717, 1.165) is 26.7 Å². The fourth-order valence-electron chi connectivity index (χ4n) is 0.805. The highest BCUT2D eigenvalue weighted by Crippen LogP contribution is 2.22. The van der Waals surface area contributed by atoms with Crippen molar-refractivity contribution in [2.45, 2.75) is 6.42 Å². The van der Waals surface area contributed by atoms with Crippen molar-refractivity contribution < 1.29 is 4.79 Å². The van der Waals surface area contributed by atoms with Crippen molar-refractivity contribution in [3.05, 3.63) is 20.8 Å². The molecule has 13 heavy (non-hydrogen) atoms. The van der Waals surface area contributed by atoms with Gasteiger partial charge in [0.25, 0.3) is 5.91 Å². The molecule has 1 amide bonds. The summed E-state index contributed by atoms with van der Waals surface area (Å²) < 4.78 is 1.95. The molecule has 0 aliphatic heterocycles. The van der Waals surface area contributed by atoms with E-state index in [4.69, 9.17) is 0 Å². The van der Waals surface area contributed by atoms with Crippen molar-refractivity contribution in [1.29, 1.82) is 0 Å². The van der Waals surface area contributed by atoms with Gasteiger partial charge in [0.1, 0.15) is 4.88 Å². The molecule has 0 radical (unpaired) electrons. The highest BCUT2D eigenvalue weighted by Gasteiger charge is 2.09. The fraction of sp³-hybridized carbons (Fsp3) is 0.375. The number of thiophene rings is 1. The lowest BCUT2D eigenvalue weighted by molar-refractivity contribution is 0.0957. The smallest absolute Gasteiger partial charge is 0.262 e. The van der Waals surface area contributed by atoms with Crippen molar-refractivity contribution in [3.63, 3.8) is 0 Å². The number of hydrogen-bond acceptors (Lipinski definition) is 2. The third kappa shape index (κ3) is 3.55. The lowest BCUT2D eigenvalue weighted by Crippen LogP contribution is -2.23. The van der Waals surface area contributed by atoms with E-state index >= 15 is 0 Å². The number of rotatable bonds is 4. The first kappa shape index (κ1) is 11.5. The molecular formula is C8H9BrINOS. The van der Waals surface area contributed by atoms with Crippen molar-refractivity contribution in [3.8, 4) is 0 Å². The predicted octanol–water partition coefficient (Wildman–Crippen LogP) is 3.07. The maximum Gasteiger partial charge on any atom is 0.262 e. The zero-order valence-electron chi connectivity index (χ0n) is 6.85. The fourth-order valence-corrected chi connectivity index (χ4v) is 2.65. The van der Waals surface area contributed by atoms with E-state index in [1.54, 1.807) is 0 Å². The maximum atomic E-state index is 11.5. The normalized spacial score (nSPS) is 10.0. The van der Waals surface area contributed by atoms with Gasteiger partial charge in [-0.3, -0.25) is 4.79 Å². The van der Waals surface area contributed by atoms with E-state index in [1.807, 2.05) is 11.4 Å². The average Bonchev–Trinajstić information content (AvgIpc) is 2.52. The van der Waals surface area contributed by atoms with Crippen molar-refractivity contribution in [2.75, 3.05) is 11.0 Å². The summed E-state index contributed by atoms with van der Waals surface area (Å²) >= 11 is 7.08. The molecule has 1 aromatic heterocycles. The van der Waals surface area contributed by atoms with E-state index in [1.165, 1.54) is 11.3 Å². The van der Waals surface area contributed by atoms with Gasteiger partial charge in [0.05, 0.1) is 0 Å². The standard InChI is InChI=1S/C8H9BrINOS/c9-6-2-5-13-7(6)8(12)11-4-1-3-10/h2,5H,1,3-4H2,(H,11,12). The molecule has 0 atom stereocenters. The van der Waals surface area contributed by atoms with E-state index in [-0.39, 0.29) is 5.91 Å². The lowest BCUT2D eigenvalue weighted by atomic mass is 10.4. The number of nitrogens with one attached hydrogen (secondary N) is 1. The highest BCUT2D eigenvalue weighted by molar-refractivity contribution is 14.1. The first-order valence-electron chi connectivity index (χ1n) is 3.83. The largest absolute Gasteiger partial charge is 0.351 e. The number of alkyl halides is 1. The summed E-state index contributed by atoms with van der Waals surface area (Å²) in [6.45, 7) is 0.756. The van der Waals surface area contributed by atoms with Gasteiger partial charge in [-0.05, 0) is 33.8 Å². The highest BCUT2D eigenvalue weighted by atomic mass is 127. The molecular weight excluding hydrogens is 365 g/mol. The molecule has 0 saturated carbocycles. The van der Waals surface area contributed by atoms with Gasteiger partial charge in [-0.1, -0.05) is 22.6 Å². The van der Waals surface area contributed by atoms with Gasteiger partial charge in [0.15, 0.2) is 0 Å². The molecule has 1 aromatic rings. The van der Waals surface area contributed by atoms with Crippen molar-refractivity contribution in [2.24, 2.45) is 0 Å². The maximum absolute atomic E-state index is 11.5. The van der Waals surface area contributed by atoms with Crippen LogP contribution in [0.15, 0.2) is 15.9 Å². The second-order valence-corrected chi connectivity index (χ2v) is 5.25. The van der Waals surface area contributed by atoms with Crippen molar-refractivity contribution >= 4 is 55.8 Å². The van der Waals surface area contributed by atoms with Gasteiger partial charge >= 0.3 is 0 Å². The molecule has 1 N–H and O–H groups in total. The summed E-state index contributed by atoms with van der Waals surface area (Å²) in [5, 5.41) is 4.76. The molecule has 1 rings (SSSR count). The molecule has 0 fully saturated rings. The van der Waals surface area contributed by atoms with Gasteiger partial charge in [0, 0.05) is 15.4 Å². The summed E-state index contributed by atoms with van der Waals surface area (Å²) in [5.41, 5.74) is 0. The summed E-state index contributed by atoms with van der Waals surface area (Å²) in [5.74, 6) is 0.0201. The Hall–Kier alpha value is 0.380. The Labute approximate surface area is 103 Å². The Balaban J connectivity index is 2.45. The van der Waals surface area contributed by atoms with Gasteiger partial charge in [-0.25, -0.2) is 0 Å². The van der Waals surface area contributed by atoms with Crippen LogP contribution in [-0.2, 0) is 0 Å². The number of hydrogen-bond donors (Lipinski definition) is 1. The number of amides is 1. The van der Waals surface area contributed by atoms with Crippen molar-refractivity contribution in [1.82, 2.24) is 5.32 Å². The minimum Gasteiger partial charge on any atom is -0.351 e. The van der Waals surface area contributed by atoms with E-state index in [0.29, 0.717) is 0 Å². The number of carbonyl (C=O) groups excluding carboxylic acids is 1. The van der Waals surface area contributed by atoms with Crippen LogP contribution in [0.4, 0.5) is 0 Å². The zero-order valence-corrected chi connectivity index (χ0v) is 11.4. The van der Waals surface area contributed by atoms with Gasteiger partial charge in [0.2, 0.25) is 0 Å². The number of carbonyl (C=O) groups is 1. The van der Waals surface area contributed by atoms with Crippen LogP contribution in [0.3, 0.4) is 0 Å². The molecule has 0 aliphatic rings. The Kier molecular flexibility index (Phi) is 5.27. The van der Waals surface area contributed by atoms with Crippen LogP contribution in [0, 0.1) is 0 Å². The minimum atomic E-state index is 0.0201. The SMILES string of the molecule is O=C(NCCCI)c1sccc1Br. The summed E-state index contributed by atoms with van der Waals surface area (Å²) in [7, 11) is 0. The van der Waals surface area contributed by atoms with Crippen LogP contribution in [-0.4, -0.2) is 16.9 Å². The topological polar surface area (TPSA) is 29.1 Å². The Morgan fingerprint density at radius 3 is 3.00 bits per heavy atom. The van der Waals surface area contributed by atoms with Crippen LogP contribution in [0.2, 0.25) is 0 Å². The van der Waals surface area contributed by atoms with E-state index < -0.39 is 0 Å². The third-order valence-corrected chi connectivity index (χ3v) is 4.02. The molecule has 0 aliphatic carbocycles. The quantitative estimate of drug-likeness (QED) is 0.490. The molecule has 1 heterocycles. The Morgan fingerprint density at radius 2 is 2.46 bits per heavy atom.